The molecule has 0 aliphatic carbocycles. The summed E-state index contributed by atoms with van der Waals surface area (Å²) in [5, 5.41) is 0. The zero-order valence-corrected chi connectivity index (χ0v) is 22.0. The molecule has 0 bridgehead atoms. The predicted octanol–water partition coefficient (Wildman–Crippen LogP) is 6.93. The number of hydrogen-bond acceptors (Lipinski definition) is 5. The number of carbonyl (C=O) groups is 1. The Morgan fingerprint density at radius 2 is 1.13 bits per heavy atom. The molecule has 0 saturated carbocycles. The standard InChI is InChI=1S/C33H34O5/c1-35-30-20-16-28(17-21-30)33(27-13-7-4-8-14-27,29-18-22-31(36-2)23-19-29)38-24-10-9-15-32(34)37-25-26-11-5-3-6-12-26/h3-8,11-14,16-23H,9-10,15,24-25H2,1-2H3. The van der Waals surface area contributed by atoms with Crippen molar-refractivity contribution < 1.29 is 23.7 Å². The summed E-state index contributed by atoms with van der Waals surface area (Å²) in [5.41, 5.74) is 3.11. The van der Waals surface area contributed by atoms with E-state index in [-0.39, 0.29) is 5.97 Å². The quantitative estimate of drug-likeness (QED) is 0.111. The van der Waals surface area contributed by atoms with Crippen molar-refractivity contribution in [2.45, 2.75) is 31.5 Å². The highest BCUT2D eigenvalue weighted by Crippen LogP contribution is 2.41. The fourth-order valence-corrected chi connectivity index (χ4v) is 4.48. The second-order valence-electron chi connectivity index (χ2n) is 8.96. The fraction of sp³-hybridized carbons (Fsp3) is 0.242. The van der Waals surface area contributed by atoms with Crippen LogP contribution in [0.4, 0.5) is 0 Å². The summed E-state index contributed by atoms with van der Waals surface area (Å²) in [5.74, 6) is 1.35. The van der Waals surface area contributed by atoms with E-state index in [1.165, 1.54) is 0 Å². The van der Waals surface area contributed by atoms with Crippen molar-refractivity contribution in [1.82, 2.24) is 0 Å². The molecule has 0 saturated heterocycles. The van der Waals surface area contributed by atoms with Crippen molar-refractivity contribution in [3.8, 4) is 11.5 Å². The van der Waals surface area contributed by atoms with Crippen molar-refractivity contribution in [3.05, 3.63) is 131 Å². The first-order valence-corrected chi connectivity index (χ1v) is 12.8. The Hall–Kier alpha value is -4.09. The predicted molar refractivity (Wildman–Crippen MR) is 148 cm³/mol. The summed E-state index contributed by atoms with van der Waals surface area (Å²) in [6.07, 6.45) is 1.73. The molecular weight excluding hydrogens is 476 g/mol. The first-order chi connectivity index (χ1) is 18.7. The van der Waals surface area contributed by atoms with Gasteiger partial charge in [-0.1, -0.05) is 84.9 Å². The van der Waals surface area contributed by atoms with Crippen LogP contribution >= 0.6 is 0 Å². The summed E-state index contributed by atoms with van der Waals surface area (Å²) >= 11 is 0. The highest BCUT2D eigenvalue weighted by atomic mass is 16.5. The van der Waals surface area contributed by atoms with Gasteiger partial charge in [0.2, 0.25) is 0 Å². The maximum Gasteiger partial charge on any atom is 0.306 e. The number of unbranched alkanes of at least 4 members (excludes halogenated alkanes) is 1. The molecule has 5 heteroatoms. The molecule has 4 aromatic carbocycles. The Balaban J connectivity index is 1.51. The van der Waals surface area contributed by atoms with Crippen LogP contribution in [0.3, 0.4) is 0 Å². The van der Waals surface area contributed by atoms with E-state index in [1.807, 2.05) is 97.1 Å². The summed E-state index contributed by atoms with van der Waals surface area (Å²) in [6.45, 7) is 0.751. The normalized spacial score (nSPS) is 11.1. The minimum absolute atomic E-state index is 0.200. The number of methoxy groups -OCH3 is 2. The Bertz CT molecular complexity index is 1210. The molecule has 5 nitrogen and oxygen atoms in total. The van der Waals surface area contributed by atoms with Crippen LogP contribution in [-0.4, -0.2) is 26.8 Å². The number of carbonyl (C=O) groups excluding carboxylic acids is 1. The van der Waals surface area contributed by atoms with E-state index in [1.54, 1.807) is 14.2 Å². The average Bonchev–Trinajstić information content (AvgIpc) is 2.99. The lowest BCUT2D eigenvalue weighted by Gasteiger charge is -2.36. The topological polar surface area (TPSA) is 54.0 Å². The zero-order valence-electron chi connectivity index (χ0n) is 22.0. The van der Waals surface area contributed by atoms with Gasteiger partial charge in [-0.3, -0.25) is 4.79 Å². The molecule has 196 valence electrons. The van der Waals surface area contributed by atoms with Crippen LogP contribution < -0.4 is 9.47 Å². The van der Waals surface area contributed by atoms with Crippen molar-refractivity contribution in [1.29, 1.82) is 0 Å². The van der Waals surface area contributed by atoms with Crippen molar-refractivity contribution in [3.63, 3.8) is 0 Å². The molecule has 0 aliphatic heterocycles. The van der Waals surface area contributed by atoms with Gasteiger partial charge in [0, 0.05) is 13.0 Å². The third-order valence-corrected chi connectivity index (χ3v) is 6.51. The first-order valence-electron chi connectivity index (χ1n) is 12.8. The van der Waals surface area contributed by atoms with Crippen LogP contribution in [0.5, 0.6) is 11.5 Å². The number of rotatable bonds is 13. The molecule has 0 radical (unpaired) electrons. The largest absolute Gasteiger partial charge is 0.497 e. The lowest BCUT2D eigenvalue weighted by Crippen LogP contribution is -2.33. The molecule has 4 aromatic rings. The summed E-state index contributed by atoms with van der Waals surface area (Å²) in [6, 6.07) is 35.8. The molecule has 4 rings (SSSR count). The molecule has 0 aromatic heterocycles. The SMILES string of the molecule is COc1ccc(C(OCCCCC(=O)OCc2ccccc2)(c2ccccc2)c2ccc(OC)cc2)cc1. The van der Waals surface area contributed by atoms with Gasteiger partial charge in [-0.2, -0.15) is 0 Å². The molecule has 0 atom stereocenters. The van der Waals surface area contributed by atoms with Crippen LogP contribution in [0.1, 0.15) is 41.5 Å². The maximum absolute atomic E-state index is 12.3. The number of ether oxygens (including phenoxy) is 4. The molecule has 38 heavy (non-hydrogen) atoms. The van der Waals surface area contributed by atoms with Crippen LogP contribution in [0.25, 0.3) is 0 Å². The van der Waals surface area contributed by atoms with Gasteiger partial charge in [0.15, 0.2) is 0 Å². The Labute approximate surface area is 225 Å². The molecule has 0 N–H and O–H groups in total. The van der Waals surface area contributed by atoms with Crippen molar-refractivity contribution in [2.75, 3.05) is 20.8 Å². The average molecular weight is 511 g/mol. The molecule has 0 aliphatic rings. The first kappa shape index (κ1) is 27.0. The number of hydrogen-bond donors (Lipinski definition) is 0. The molecule has 0 spiro atoms. The van der Waals surface area contributed by atoms with Crippen LogP contribution in [0.2, 0.25) is 0 Å². The Kier molecular flexibility index (Phi) is 9.54. The second-order valence-corrected chi connectivity index (χ2v) is 8.96. The van der Waals surface area contributed by atoms with Gasteiger partial charge in [0.05, 0.1) is 14.2 Å². The Morgan fingerprint density at radius 3 is 1.66 bits per heavy atom. The molecule has 0 fully saturated rings. The van der Waals surface area contributed by atoms with Gasteiger partial charge in [0.1, 0.15) is 23.7 Å². The molecule has 0 amide bonds. The molecule has 0 unspecified atom stereocenters. The van der Waals surface area contributed by atoms with Crippen molar-refractivity contribution >= 4 is 5.97 Å². The molecule has 0 heterocycles. The minimum atomic E-state index is -0.854. The highest BCUT2D eigenvalue weighted by molar-refractivity contribution is 5.69. The summed E-state index contributed by atoms with van der Waals surface area (Å²) in [4.78, 5) is 12.3. The van der Waals surface area contributed by atoms with Crippen molar-refractivity contribution in [2.24, 2.45) is 0 Å². The van der Waals surface area contributed by atoms with E-state index < -0.39 is 5.60 Å². The second kappa shape index (κ2) is 13.5. The lowest BCUT2D eigenvalue weighted by molar-refractivity contribution is -0.145. The van der Waals surface area contributed by atoms with E-state index >= 15 is 0 Å². The summed E-state index contributed by atoms with van der Waals surface area (Å²) in [7, 11) is 3.31. The Morgan fingerprint density at radius 1 is 0.632 bits per heavy atom. The van der Waals surface area contributed by atoms with E-state index in [9.17, 15) is 4.79 Å². The smallest absolute Gasteiger partial charge is 0.306 e. The van der Waals surface area contributed by atoms with Gasteiger partial charge in [-0.15, -0.1) is 0 Å². The van der Waals surface area contributed by atoms with Crippen LogP contribution in [-0.2, 0) is 26.5 Å². The van der Waals surface area contributed by atoms with Gasteiger partial charge in [-0.05, 0) is 59.4 Å². The van der Waals surface area contributed by atoms with E-state index in [0.717, 1.165) is 33.8 Å². The van der Waals surface area contributed by atoms with E-state index in [2.05, 4.69) is 12.1 Å². The number of esters is 1. The monoisotopic (exact) mass is 510 g/mol. The third kappa shape index (κ3) is 6.61. The maximum atomic E-state index is 12.3. The zero-order chi connectivity index (χ0) is 26.6. The molecular formula is C33H34O5. The van der Waals surface area contributed by atoms with Gasteiger partial charge >= 0.3 is 5.97 Å². The van der Waals surface area contributed by atoms with Gasteiger partial charge in [-0.25, -0.2) is 0 Å². The van der Waals surface area contributed by atoms with Gasteiger partial charge < -0.3 is 18.9 Å². The fourth-order valence-electron chi connectivity index (χ4n) is 4.48. The van der Waals surface area contributed by atoms with E-state index in [0.29, 0.717) is 32.5 Å². The summed E-state index contributed by atoms with van der Waals surface area (Å²) < 4.78 is 23.0. The van der Waals surface area contributed by atoms with Gasteiger partial charge in [0.25, 0.3) is 0 Å². The highest BCUT2D eigenvalue weighted by Gasteiger charge is 2.37. The third-order valence-electron chi connectivity index (χ3n) is 6.51. The minimum Gasteiger partial charge on any atom is -0.497 e. The lowest BCUT2D eigenvalue weighted by atomic mass is 9.80. The van der Waals surface area contributed by atoms with Crippen LogP contribution in [0, 0.1) is 0 Å². The van der Waals surface area contributed by atoms with Crippen LogP contribution in [0.15, 0.2) is 109 Å². The number of benzene rings is 4. The van der Waals surface area contributed by atoms with E-state index in [4.69, 9.17) is 18.9 Å².